The van der Waals surface area contributed by atoms with Crippen molar-refractivity contribution in [3.63, 3.8) is 0 Å². The van der Waals surface area contributed by atoms with E-state index in [9.17, 15) is 0 Å². The van der Waals surface area contributed by atoms with Crippen LogP contribution in [0.2, 0.25) is 0 Å². The van der Waals surface area contributed by atoms with Gasteiger partial charge in [0.2, 0.25) is 0 Å². The summed E-state index contributed by atoms with van der Waals surface area (Å²) in [6, 6.07) is 4.28. The largest absolute Gasteiger partial charge is 0.466 e. The van der Waals surface area contributed by atoms with Crippen LogP contribution in [0, 0.1) is 6.92 Å². The Morgan fingerprint density at radius 1 is 1.50 bits per heavy atom. The van der Waals surface area contributed by atoms with Gasteiger partial charge >= 0.3 is 0 Å². The smallest absolute Gasteiger partial charge is 0.134 e. The summed E-state index contributed by atoms with van der Waals surface area (Å²) in [5, 5.41) is 5.58. The first-order chi connectivity index (χ1) is 7.68. The van der Waals surface area contributed by atoms with E-state index in [1.807, 2.05) is 6.07 Å². The maximum absolute atomic E-state index is 5.42. The highest BCUT2D eigenvalue weighted by Crippen LogP contribution is 2.25. The molecule has 0 aromatic carbocycles. The molecule has 0 spiro atoms. The van der Waals surface area contributed by atoms with Gasteiger partial charge in [0.25, 0.3) is 0 Å². The molecule has 16 heavy (non-hydrogen) atoms. The Labute approximate surface area is 108 Å². The lowest BCUT2D eigenvalue weighted by molar-refractivity contribution is 0.428. The van der Waals surface area contributed by atoms with Crippen molar-refractivity contribution in [2.24, 2.45) is 0 Å². The van der Waals surface area contributed by atoms with Crippen molar-refractivity contribution in [2.75, 3.05) is 0 Å². The van der Waals surface area contributed by atoms with Gasteiger partial charge in [-0.05, 0) is 52.9 Å². The molecule has 4 heteroatoms. The van der Waals surface area contributed by atoms with Crippen LogP contribution < -0.4 is 5.32 Å². The lowest BCUT2D eigenvalue weighted by atomic mass is 10.2. The molecule has 2 aromatic heterocycles. The Bertz CT molecular complexity index is 463. The molecule has 0 saturated carbocycles. The molecule has 2 rings (SSSR count). The van der Waals surface area contributed by atoms with E-state index < -0.39 is 0 Å². The SMILES string of the molecule is Cc1ccsc1CNC(C)c1occc1Br. The molecule has 0 aliphatic carbocycles. The van der Waals surface area contributed by atoms with E-state index in [2.05, 4.69) is 46.5 Å². The molecule has 0 aliphatic heterocycles. The van der Waals surface area contributed by atoms with Gasteiger partial charge in [0.05, 0.1) is 16.8 Å². The summed E-state index contributed by atoms with van der Waals surface area (Å²) in [6.45, 7) is 5.13. The number of hydrogen-bond acceptors (Lipinski definition) is 3. The summed E-state index contributed by atoms with van der Waals surface area (Å²) in [5.41, 5.74) is 1.35. The Balaban J connectivity index is 1.97. The number of halogens is 1. The zero-order valence-electron chi connectivity index (χ0n) is 9.29. The van der Waals surface area contributed by atoms with E-state index in [0.29, 0.717) is 0 Å². The second-order valence-electron chi connectivity index (χ2n) is 3.76. The van der Waals surface area contributed by atoms with E-state index in [-0.39, 0.29) is 6.04 Å². The second kappa shape index (κ2) is 5.17. The first kappa shape index (κ1) is 11.9. The van der Waals surface area contributed by atoms with Crippen LogP contribution in [0.25, 0.3) is 0 Å². The van der Waals surface area contributed by atoms with Crippen molar-refractivity contribution < 1.29 is 4.42 Å². The molecule has 2 aromatic rings. The van der Waals surface area contributed by atoms with Gasteiger partial charge in [-0.15, -0.1) is 11.3 Å². The van der Waals surface area contributed by atoms with Crippen LogP contribution in [-0.4, -0.2) is 0 Å². The molecule has 1 N–H and O–H groups in total. The van der Waals surface area contributed by atoms with Crippen LogP contribution in [0.15, 0.2) is 32.7 Å². The van der Waals surface area contributed by atoms with Crippen molar-refractivity contribution in [1.29, 1.82) is 0 Å². The van der Waals surface area contributed by atoms with E-state index in [4.69, 9.17) is 4.42 Å². The standard InChI is InChI=1S/C12H14BrNOS/c1-8-4-6-16-11(8)7-14-9(2)12-10(13)3-5-15-12/h3-6,9,14H,7H2,1-2H3. The predicted octanol–water partition coefficient (Wildman–Crippen LogP) is 4.26. The summed E-state index contributed by atoms with van der Waals surface area (Å²) in [7, 11) is 0. The van der Waals surface area contributed by atoms with Crippen LogP contribution in [0.3, 0.4) is 0 Å². The normalized spacial score (nSPS) is 12.9. The number of rotatable bonds is 4. The first-order valence-corrected chi connectivity index (χ1v) is 6.85. The van der Waals surface area contributed by atoms with Crippen molar-refractivity contribution in [1.82, 2.24) is 5.32 Å². The maximum atomic E-state index is 5.42. The molecular weight excluding hydrogens is 286 g/mol. The zero-order valence-corrected chi connectivity index (χ0v) is 11.7. The van der Waals surface area contributed by atoms with E-state index in [1.54, 1.807) is 17.6 Å². The van der Waals surface area contributed by atoms with Gasteiger partial charge in [0.1, 0.15) is 5.76 Å². The number of thiophene rings is 1. The summed E-state index contributed by atoms with van der Waals surface area (Å²) in [5.74, 6) is 0.953. The molecule has 1 atom stereocenters. The van der Waals surface area contributed by atoms with Crippen LogP contribution in [0.4, 0.5) is 0 Å². The molecule has 0 aliphatic rings. The summed E-state index contributed by atoms with van der Waals surface area (Å²) >= 11 is 5.26. The minimum atomic E-state index is 0.214. The van der Waals surface area contributed by atoms with Gasteiger partial charge in [-0.2, -0.15) is 0 Å². The van der Waals surface area contributed by atoms with Crippen molar-refractivity contribution in [3.05, 3.63) is 44.4 Å². The molecule has 0 saturated heterocycles. The maximum Gasteiger partial charge on any atom is 0.134 e. The van der Waals surface area contributed by atoms with Crippen molar-refractivity contribution in [2.45, 2.75) is 26.4 Å². The van der Waals surface area contributed by atoms with Crippen molar-refractivity contribution >= 4 is 27.3 Å². The lowest BCUT2D eigenvalue weighted by Crippen LogP contribution is -2.17. The highest BCUT2D eigenvalue weighted by Gasteiger charge is 2.12. The van der Waals surface area contributed by atoms with E-state index in [0.717, 1.165) is 16.8 Å². The Morgan fingerprint density at radius 2 is 2.31 bits per heavy atom. The summed E-state index contributed by atoms with van der Waals surface area (Å²) in [4.78, 5) is 1.38. The van der Waals surface area contributed by atoms with Gasteiger partial charge in [-0.25, -0.2) is 0 Å². The third-order valence-electron chi connectivity index (χ3n) is 2.58. The first-order valence-electron chi connectivity index (χ1n) is 5.17. The second-order valence-corrected chi connectivity index (χ2v) is 5.62. The minimum absolute atomic E-state index is 0.214. The molecular formula is C12H14BrNOS. The van der Waals surface area contributed by atoms with Crippen LogP contribution in [0.5, 0.6) is 0 Å². The highest BCUT2D eigenvalue weighted by molar-refractivity contribution is 9.10. The fraction of sp³-hybridized carbons (Fsp3) is 0.333. The van der Waals surface area contributed by atoms with Gasteiger partial charge in [-0.3, -0.25) is 0 Å². The molecule has 86 valence electrons. The number of furan rings is 1. The van der Waals surface area contributed by atoms with Crippen LogP contribution >= 0.6 is 27.3 Å². The fourth-order valence-electron chi connectivity index (χ4n) is 1.54. The quantitative estimate of drug-likeness (QED) is 0.912. The van der Waals surface area contributed by atoms with Gasteiger partial charge in [0.15, 0.2) is 0 Å². The minimum Gasteiger partial charge on any atom is -0.466 e. The van der Waals surface area contributed by atoms with Gasteiger partial charge < -0.3 is 9.73 Å². The number of aryl methyl sites for hydroxylation is 1. The van der Waals surface area contributed by atoms with Gasteiger partial charge in [0, 0.05) is 11.4 Å². The lowest BCUT2D eigenvalue weighted by Gasteiger charge is -2.11. The molecule has 0 amide bonds. The van der Waals surface area contributed by atoms with E-state index in [1.165, 1.54) is 10.4 Å². The van der Waals surface area contributed by atoms with E-state index >= 15 is 0 Å². The third-order valence-corrected chi connectivity index (χ3v) is 4.25. The topological polar surface area (TPSA) is 25.2 Å². The zero-order chi connectivity index (χ0) is 11.5. The molecule has 1 unspecified atom stereocenters. The average Bonchev–Trinajstić information content (AvgIpc) is 2.84. The fourth-order valence-corrected chi connectivity index (χ4v) is 2.94. The number of nitrogens with one attached hydrogen (secondary N) is 1. The Hall–Kier alpha value is -0.580. The Kier molecular flexibility index (Phi) is 3.84. The highest BCUT2D eigenvalue weighted by atomic mass is 79.9. The van der Waals surface area contributed by atoms with Crippen molar-refractivity contribution in [3.8, 4) is 0 Å². The van der Waals surface area contributed by atoms with Crippen LogP contribution in [0.1, 0.15) is 29.2 Å². The molecule has 2 nitrogen and oxygen atoms in total. The average molecular weight is 300 g/mol. The Morgan fingerprint density at radius 3 is 2.88 bits per heavy atom. The molecule has 0 fully saturated rings. The van der Waals surface area contributed by atoms with Crippen LogP contribution in [-0.2, 0) is 6.54 Å². The van der Waals surface area contributed by atoms with Gasteiger partial charge in [-0.1, -0.05) is 0 Å². The predicted molar refractivity (Wildman–Crippen MR) is 70.7 cm³/mol. The molecule has 0 radical (unpaired) electrons. The molecule has 2 heterocycles. The number of hydrogen-bond donors (Lipinski definition) is 1. The summed E-state index contributed by atoms with van der Waals surface area (Å²) in [6.07, 6.45) is 1.70. The third kappa shape index (κ3) is 2.56. The summed E-state index contributed by atoms with van der Waals surface area (Å²) < 4.78 is 6.44. The molecule has 0 bridgehead atoms. The monoisotopic (exact) mass is 299 g/mol.